The molecule has 0 saturated carbocycles. The van der Waals surface area contributed by atoms with Crippen molar-refractivity contribution in [2.45, 2.75) is 32.1 Å². The third-order valence-electron chi connectivity index (χ3n) is 4.61. The van der Waals surface area contributed by atoms with Crippen LogP contribution in [-0.2, 0) is 17.6 Å². The van der Waals surface area contributed by atoms with E-state index in [1.165, 1.54) is 5.56 Å². The average molecular weight is 320 g/mol. The lowest BCUT2D eigenvalue weighted by Crippen LogP contribution is -2.14. The van der Waals surface area contributed by atoms with Crippen molar-refractivity contribution in [3.8, 4) is 0 Å². The van der Waals surface area contributed by atoms with Gasteiger partial charge in [0, 0.05) is 25.8 Å². The maximum atomic E-state index is 12.5. The van der Waals surface area contributed by atoms with Gasteiger partial charge in [0.25, 0.3) is 0 Å². The summed E-state index contributed by atoms with van der Waals surface area (Å²) in [7, 11) is 0. The standard InChI is InChI=1S/C19H20N4O/c1-12(13-5-3-2-4-6-13)9-15(24)10-14-11-17-18-16(21-14)7-8-20-19(18)23-22-17/h2-6,11-12H,7-10H2,1H3,(H2,20,22,23)/t12-/m0/s1. The Morgan fingerprint density at radius 1 is 1.29 bits per heavy atom. The molecule has 0 fully saturated rings. The summed E-state index contributed by atoms with van der Waals surface area (Å²) in [6, 6.07) is 12.1. The molecule has 0 spiro atoms. The van der Waals surface area contributed by atoms with Crippen LogP contribution in [0.5, 0.6) is 0 Å². The van der Waals surface area contributed by atoms with Crippen molar-refractivity contribution in [3.05, 3.63) is 53.3 Å². The van der Waals surface area contributed by atoms with Crippen molar-refractivity contribution in [1.82, 2.24) is 15.2 Å². The SMILES string of the molecule is C[C@@H](CC(=O)Cc1cc2[nH]nc3c2c(n1)CCN3)c1ccccc1. The predicted octanol–water partition coefficient (Wildman–Crippen LogP) is 3.23. The van der Waals surface area contributed by atoms with E-state index in [0.717, 1.165) is 41.1 Å². The fourth-order valence-electron chi connectivity index (χ4n) is 3.39. The van der Waals surface area contributed by atoms with Crippen LogP contribution in [0.25, 0.3) is 10.9 Å². The topological polar surface area (TPSA) is 70.7 Å². The first-order valence-electron chi connectivity index (χ1n) is 8.38. The minimum Gasteiger partial charge on any atom is -0.368 e. The zero-order valence-electron chi connectivity index (χ0n) is 13.7. The highest BCUT2D eigenvalue weighted by molar-refractivity contribution is 5.93. The number of aromatic amines is 1. The second-order valence-electron chi connectivity index (χ2n) is 6.46. The fourth-order valence-corrected chi connectivity index (χ4v) is 3.39. The van der Waals surface area contributed by atoms with Crippen LogP contribution in [0.3, 0.4) is 0 Å². The smallest absolute Gasteiger partial charge is 0.157 e. The van der Waals surface area contributed by atoms with Gasteiger partial charge in [-0.3, -0.25) is 14.9 Å². The van der Waals surface area contributed by atoms with Gasteiger partial charge in [-0.05, 0) is 17.5 Å². The number of Topliss-reactive ketones (excluding diaryl/α,β-unsaturated/α-hetero) is 1. The van der Waals surface area contributed by atoms with Crippen molar-refractivity contribution >= 4 is 22.5 Å². The molecule has 0 saturated heterocycles. The lowest BCUT2D eigenvalue weighted by Gasteiger charge is -2.14. The average Bonchev–Trinajstić information content (AvgIpc) is 3.00. The molecular weight excluding hydrogens is 300 g/mol. The maximum Gasteiger partial charge on any atom is 0.157 e. The van der Waals surface area contributed by atoms with E-state index in [1.54, 1.807) is 0 Å². The van der Waals surface area contributed by atoms with Crippen LogP contribution in [0.1, 0.15) is 36.2 Å². The molecule has 1 aromatic carbocycles. The fraction of sp³-hybridized carbons (Fsp3) is 0.316. The number of pyridine rings is 1. The van der Waals surface area contributed by atoms with Gasteiger partial charge in [-0.25, -0.2) is 0 Å². The highest BCUT2D eigenvalue weighted by Gasteiger charge is 2.19. The minimum atomic E-state index is 0.221. The Kier molecular flexibility index (Phi) is 3.76. The summed E-state index contributed by atoms with van der Waals surface area (Å²) in [5, 5.41) is 11.6. The first kappa shape index (κ1) is 14.9. The van der Waals surface area contributed by atoms with Gasteiger partial charge in [0.1, 0.15) is 5.78 Å². The molecule has 0 radical (unpaired) electrons. The molecule has 0 aliphatic carbocycles. The number of nitrogens with one attached hydrogen (secondary N) is 2. The molecular formula is C19H20N4O. The molecule has 1 aliphatic heterocycles. The molecule has 3 aromatic rings. The zero-order valence-corrected chi connectivity index (χ0v) is 13.7. The Morgan fingerprint density at radius 2 is 2.12 bits per heavy atom. The minimum absolute atomic E-state index is 0.221. The van der Waals surface area contributed by atoms with Crippen LogP contribution in [0.4, 0.5) is 5.82 Å². The van der Waals surface area contributed by atoms with Crippen LogP contribution >= 0.6 is 0 Å². The first-order chi connectivity index (χ1) is 11.7. The second-order valence-corrected chi connectivity index (χ2v) is 6.46. The summed E-state index contributed by atoms with van der Waals surface area (Å²) in [4.78, 5) is 17.2. The number of hydrogen-bond donors (Lipinski definition) is 2. The Hall–Kier alpha value is -2.69. The molecule has 0 amide bonds. The van der Waals surface area contributed by atoms with Crippen LogP contribution < -0.4 is 5.32 Å². The number of anilines is 1. The Morgan fingerprint density at radius 3 is 2.96 bits per heavy atom. The lowest BCUT2D eigenvalue weighted by molar-refractivity contribution is -0.118. The third kappa shape index (κ3) is 2.77. The van der Waals surface area contributed by atoms with E-state index in [4.69, 9.17) is 4.98 Å². The van der Waals surface area contributed by atoms with Crippen LogP contribution in [-0.4, -0.2) is 27.5 Å². The molecule has 5 heteroatoms. The summed E-state index contributed by atoms with van der Waals surface area (Å²) < 4.78 is 0. The number of H-pyrrole nitrogens is 1. The molecule has 24 heavy (non-hydrogen) atoms. The molecule has 0 bridgehead atoms. The third-order valence-corrected chi connectivity index (χ3v) is 4.61. The van der Waals surface area contributed by atoms with E-state index in [-0.39, 0.29) is 11.7 Å². The summed E-state index contributed by atoms with van der Waals surface area (Å²) >= 11 is 0. The van der Waals surface area contributed by atoms with E-state index in [9.17, 15) is 4.79 Å². The number of benzene rings is 1. The largest absolute Gasteiger partial charge is 0.368 e. The Labute approximate surface area is 140 Å². The van der Waals surface area contributed by atoms with Crippen molar-refractivity contribution < 1.29 is 4.79 Å². The quantitative estimate of drug-likeness (QED) is 0.757. The van der Waals surface area contributed by atoms with E-state index < -0.39 is 0 Å². The molecule has 2 N–H and O–H groups in total. The normalized spacial score (nSPS) is 14.4. The van der Waals surface area contributed by atoms with E-state index >= 15 is 0 Å². The Bertz CT molecular complexity index is 885. The van der Waals surface area contributed by atoms with Gasteiger partial charge in [0.2, 0.25) is 0 Å². The molecule has 4 rings (SSSR count). The molecule has 1 aliphatic rings. The summed E-state index contributed by atoms with van der Waals surface area (Å²) in [6.07, 6.45) is 1.78. The van der Waals surface area contributed by atoms with Gasteiger partial charge >= 0.3 is 0 Å². The number of rotatable bonds is 5. The maximum absolute atomic E-state index is 12.5. The number of ketones is 1. The summed E-state index contributed by atoms with van der Waals surface area (Å²) in [5.41, 5.74) is 4.03. The number of hydrogen-bond acceptors (Lipinski definition) is 4. The predicted molar refractivity (Wildman–Crippen MR) is 94.3 cm³/mol. The second kappa shape index (κ2) is 6.07. The molecule has 0 unspecified atom stereocenters. The summed E-state index contributed by atoms with van der Waals surface area (Å²) in [6.45, 7) is 2.93. The summed E-state index contributed by atoms with van der Waals surface area (Å²) in [5.74, 6) is 1.32. The van der Waals surface area contributed by atoms with Crippen molar-refractivity contribution in [2.75, 3.05) is 11.9 Å². The molecule has 122 valence electrons. The van der Waals surface area contributed by atoms with Gasteiger partial charge < -0.3 is 5.32 Å². The van der Waals surface area contributed by atoms with Crippen molar-refractivity contribution in [3.63, 3.8) is 0 Å². The van der Waals surface area contributed by atoms with E-state index in [2.05, 4.69) is 34.6 Å². The number of aromatic nitrogens is 3. The van der Waals surface area contributed by atoms with Gasteiger partial charge in [0.05, 0.1) is 22.3 Å². The number of carbonyl (C=O) groups excluding carboxylic acids is 1. The highest BCUT2D eigenvalue weighted by atomic mass is 16.1. The van der Waals surface area contributed by atoms with Crippen LogP contribution in [0.15, 0.2) is 36.4 Å². The molecule has 1 atom stereocenters. The van der Waals surface area contributed by atoms with Gasteiger partial charge in [-0.15, -0.1) is 0 Å². The van der Waals surface area contributed by atoms with Gasteiger partial charge in [0.15, 0.2) is 5.82 Å². The number of nitrogens with zero attached hydrogens (tertiary/aromatic N) is 2. The van der Waals surface area contributed by atoms with Crippen LogP contribution in [0, 0.1) is 0 Å². The molecule has 2 aromatic heterocycles. The zero-order chi connectivity index (χ0) is 16.5. The van der Waals surface area contributed by atoms with Gasteiger partial charge in [-0.2, -0.15) is 5.10 Å². The monoisotopic (exact) mass is 320 g/mol. The van der Waals surface area contributed by atoms with Crippen LogP contribution in [0.2, 0.25) is 0 Å². The van der Waals surface area contributed by atoms with Crippen molar-refractivity contribution in [2.24, 2.45) is 0 Å². The number of carbonyl (C=O) groups is 1. The Balaban J connectivity index is 1.51. The molecule has 5 nitrogen and oxygen atoms in total. The van der Waals surface area contributed by atoms with E-state index in [0.29, 0.717) is 12.8 Å². The highest BCUT2D eigenvalue weighted by Crippen LogP contribution is 2.28. The first-order valence-corrected chi connectivity index (χ1v) is 8.38. The lowest BCUT2D eigenvalue weighted by atomic mass is 9.94. The van der Waals surface area contributed by atoms with Gasteiger partial charge in [-0.1, -0.05) is 37.3 Å². The molecule has 3 heterocycles. The van der Waals surface area contributed by atoms with E-state index in [1.807, 2.05) is 24.3 Å². The van der Waals surface area contributed by atoms with Crippen molar-refractivity contribution in [1.29, 1.82) is 0 Å².